The van der Waals surface area contributed by atoms with Crippen LogP contribution in [-0.4, -0.2) is 5.11 Å². The molecule has 21 heavy (non-hydrogen) atoms. The van der Waals surface area contributed by atoms with E-state index in [0.29, 0.717) is 5.92 Å². The molecule has 0 aliphatic heterocycles. The van der Waals surface area contributed by atoms with Gasteiger partial charge in [-0.1, -0.05) is 35.8 Å². The average molecular weight is 414 g/mol. The number of hydrogen-bond acceptors (Lipinski definition) is 2. The minimum Gasteiger partial charge on any atom is -0.456 e. The molecule has 0 spiro atoms. The van der Waals surface area contributed by atoms with E-state index >= 15 is 0 Å². The quantitative estimate of drug-likeness (QED) is 0.648. The lowest BCUT2D eigenvalue weighted by Gasteiger charge is -2.16. The van der Waals surface area contributed by atoms with Gasteiger partial charge in [-0.25, -0.2) is 0 Å². The van der Waals surface area contributed by atoms with Crippen molar-refractivity contribution >= 4 is 31.9 Å². The van der Waals surface area contributed by atoms with Gasteiger partial charge in [0.25, 0.3) is 0 Å². The highest BCUT2D eigenvalue weighted by molar-refractivity contribution is 9.10. The molecule has 2 aromatic carbocycles. The van der Waals surface area contributed by atoms with Crippen LogP contribution in [-0.2, 0) is 0 Å². The second kappa shape index (κ2) is 6.95. The fourth-order valence-corrected chi connectivity index (χ4v) is 2.90. The van der Waals surface area contributed by atoms with Crippen LogP contribution in [0.4, 0.5) is 0 Å². The summed E-state index contributed by atoms with van der Waals surface area (Å²) in [5, 5.41) is 9.61. The van der Waals surface area contributed by atoms with Crippen LogP contribution in [0.25, 0.3) is 0 Å². The average Bonchev–Trinajstić information content (AvgIpc) is 2.42. The Morgan fingerprint density at radius 1 is 0.952 bits per heavy atom. The van der Waals surface area contributed by atoms with Crippen molar-refractivity contribution in [2.75, 3.05) is 0 Å². The van der Waals surface area contributed by atoms with Crippen LogP contribution in [0.2, 0.25) is 0 Å². The maximum atomic E-state index is 9.61. The molecule has 0 unspecified atom stereocenters. The van der Waals surface area contributed by atoms with Crippen molar-refractivity contribution in [2.45, 2.75) is 32.8 Å². The topological polar surface area (TPSA) is 29.5 Å². The molecular weight excluding hydrogens is 396 g/mol. The van der Waals surface area contributed by atoms with Gasteiger partial charge in [0.1, 0.15) is 11.5 Å². The predicted octanol–water partition coefficient (Wildman–Crippen LogP) is 6.18. The van der Waals surface area contributed by atoms with Gasteiger partial charge in [0.15, 0.2) is 0 Å². The third kappa shape index (κ3) is 4.09. The van der Waals surface area contributed by atoms with Crippen molar-refractivity contribution in [1.82, 2.24) is 0 Å². The van der Waals surface area contributed by atoms with Crippen LogP contribution in [0, 0.1) is 0 Å². The van der Waals surface area contributed by atoms with Gasteiger partial charge in [0.2, 0.25) is 0 Å². The number of aliphatic hydroxyl groups excluding tert-OH is 1. The number of ether oxygens (including phenoxy) is 1. The van der Waals surface area contributed by atoms with Gasteiger partial charge in [-0.15, -0.1) is 0 Å². The molecule has 0 amide bonds. The molecule has 2 aromatic rings. The number of halogens is 2. The van der Waals surface area contributed by atoms with Crippen molar-refractivity contribution in [3.63, 3.8) is 0 Å². The van der Waals surface area contributed by atoms with E-state index in [4.69, 9.17) is 4.74 Å². The van der Waals surface area contributed by atoms with E-state index in [2.05, 4.69) is 51.8 Å². The van der Waals surface area contributed by atoms with Gasteiger partial charge in [-0.2, -0.15) is 0 Å². The molecule has 0 bridgehead atoms. The van der Waals surface area contributed by atoms with Crippen molar-refractivity contribution in [3.05, 3.63) is 56.5 Å². The Labute approximate surface area is 142 Å². The van der Waals surface area contributed by atoms with Gasteiger partial charge in [0, 0.05) is 4.47 Å². The fourth-order valence-electron chi connectivity index (χ4n) is 2.04. The predicted molar refractivity (Wildman–Crippen MR) is 93.1 cm³/mol. The lowest BCUT2D eigenvalue weighted by Crippen LogP contribution is -1.96. The Morgan fingerprint density at radius 3 is 2.19 bits per heavy atom. The number of hydrogen-bond donors (Lipinski definition) is 1. The van der Waals surface area contributed by atoms with E-state index in [1.165, 1.54) is 0 Å². The number of rotatable bonds is 4. The Hall–Kier alpha value is -0.840. The first-order valence-electron chi connectivity index (χ1n) is 6.83. The first kappa shape index (κ1) is 16.5. The van der Waals surface area contributed by atoms with Crippen LogP contribution in [0.15, 0.2) is 45.3 Å². The molecule has 2 nitrogen and oxygen atoms in total. The largest absolute Gasteiger partial charge is 0.456 e. The maximum absolute atomic E-state index is 9.61. The van der Waals surface area contributed by atoms with E-state index < -0.39 is 6.10 Å². The molecule has 0 aliphatic carbocycles. The summed E-state index contributed by atoms with van der Waals surface area (Å²) < 4.78 is 7.92. The first-order valence-corrected chi connectivity index (χ1v) is 8.42. The summed E-state index contributed by atoms with van der Waals surface area (Å²) in [5.74, 6) is 1.95. The fraction of sp³-hybridized carbons (Fsp3) is 0.294. The maximum Gasteiger partial charge on any atom is 0.141 e. The molecule has 0 aliphatic rings. The van der Waals surface area contributed by atoms with Gasteiger partial charge in [0.05, 0.1) is 10.6 Å². The molecule has 0 aromatic heterocycles. The standard InChI is InChI=1S/C17H18Br2O2/c1-10(2)14-9-13(18)5-7-16(14)21-17-6-4-12(11(3)20)8-15(17)19/h4-11,20H,1-3H3/t11-/m1/s1. The van der Waals surface area contributed by atoms with Crippen LogP contribution in [0.3, 0.4) is 0 Å². The molecule has 112 valence electrons. The zero-order valence-corrected chi connectivity index (χ0v) is 15.4. The normalized spacial score (nSPS) is 12.5. The van der Waals surface area contributed by atoms with Crippen molar-refractivity contribution in [1.29, 1.82) is 0 Å². The lowest BCUT2D eigenvalue weighted by molar-refractivity contribution is 0.199. The second-order valence-electron chi connectivity index (χ2n) is 5.30. The van der Waals surface area contributed by atoms with Crippen molar-refractivity contribution in [2.24, 2.45) is 0 Å². The molecule has 0 radical (unpaired) electrons. The molecule has 0 saturated carbocycles. The van der Waals surface area contributed by atoms with Gasteiger partial charge in [-0.3, -0.25) is 0 Å². The minimum absolute atomic E-state index is 0.369. The number of aliphatic hydroxyl groups is 1. The molecule has 4 heteroatoms. The summed E-state index contributed by atoms with van der Waals surface area (Å²) in [5.41, 5.74) is 2.00. The van der Waals surface area contributed by atoms with E-state index in [-0.39, 0.29) is 0 Å². The summed E-state index contributed by atoms with van der Waals surface area (Å²) in [6, 6.07) is 11.6. The minimum atomic E-state index is -0.491. The van der Waals surface area contributed by atoms with Crippen molar-refractivity contribution < 1.29 is 9.84 Å². The van der Waals surface area contributed by atoms with Gasteiger partial charge < -0.3 is 9.84 Å². The Bertz CT molecular complexity index is 637. The molecule has 2 rings (SSSR count). The van der Waals surface area contributed by atoms with E-state index in [1.54, 1.807) is 6.92 Å². The molecule has 0 saturated heterocycles. The summed E-state index contributed by atoms with van der Waals surface area (Å²) in [6.07, 6.45) is -0.491. The Balaban J connectivity index is 2.34. The van der Waals surface area contributed by atoms with E-state index in [0.717, 1.165) is 31.6 Å². The highest BCUT2D eigenvalue weighted by atomic mass is 79.9. The highest BCUT2D eigenvalue weighted by Crippen LogP contribution is 2.36. The Morgan fingerprint density at radius 2 is 1.62 bits per heavy atom. The summed E-state index contributed by atoms with van der Waals surface area (Å²) in [7, 11) is 0. The summed E-state index contributed by atoms with van der Waals surface area (Å²) in [4.78, 5) is 0. The van der Waals surface area contributed by atoms with Crippen LogP contribution in [0.5, 0.6) is 11.5 Å². The third-order valence-electron chi connectivity index (χ3n) is 3.25. The molecule has 0 heterocycles. The highest BCUT2D eigenvalue weighted by Gasteiger charge is 2.12. The lowest BCUT2D eigenvalue weighted by atomic mass is 10.0. The first-order chi connectivity index (χ1) is 9.88. The third-order valence-corrected chi connectivity index (χ3v) is 4.37. The second-order valence-corrected chi connectivity index (χ2v) is 7.07. The van der Waals surface area contributed by atoms with E-state index in [9.17, 15) is 5.11 Å². The summed E-state index contributed by atoms with van der Waals surface area (Å²) >= 11 is 7.00. The smallest absolute Gasteiger partial charge is 0.141 e. The van der Waals surface area contributed by atoms with Gasteiger partial charge >= 0.3 is 0 Å². The SMILES string of the molecule is CC(C)c1cc(Br)ccc1Oc1ccc([C@@H](C)O)cc1Br. The van der Waals surface area contributed by atoms with Crippen LogP contribution >= 0.6 is 31.9 Å². The Kier molecular flexibility index (Phi) is 5.47. The van der Waals surface area contributed by atoms with Crippen LogP contribution < -0.4 is 4.74 Å². The molecule has 1 atom stereocenters. The number of benzene rings is 2. The van der Waals surface area contributed by atoms with Gasteiger partial charge in [-0.05, 0) is 70.2 Å². The molecule has 1 N–H and O–H groups in total. The van der Waals surface area contributed by atoms with Crippen LogP contribution in [0.1, 0.15) is 43.9 Å². The molecular formula is C17H18Br2O2. The zero-order valence-electron chi connectivity index (χ0n) is 12.2. The molecule has 0 fully saturated rings. The zero-order chi connectivity index (χ0) is 15.6. The monoisotopic (exact) mass is 412 g/mol. The van der Waals surface area contributed by atoms with Crippen molar-refractivity contribution in [3.8, 4) is 11.5 Å². The summed E-state index contributed by atoms with van der Waals surface area (Å²) in [6.45, 7) is 6.02. The van der Waals surface area contributed by atoms with E-state index in [1.807, 2.05) is 30.3 Å².